The molecule has 0 atom stereocenters. The van der Waals surface area contributed by atoms with Crippen LogP contribution in [0.2, 0.25) is 0 Å². The summed E-state index contributed by atoms with van der Waals surface area (Å²) in [5.74, 6) is 0.918. The summed E-state index contributed by atoms with van der Waals surface area (Å²) in [5, 5.41) is 11.7. The van der Waals surface area contributed by atoms with Crippen LogP contribution in [0.15, 0.2) is 12.1 Å². The number of methoxy groups -OCH3 is 1. The van der Waals surface area contributed by atoms with Crippen molar-refractivity contribution in [2.24, 2.45) is 0 Å². The van der Waals surface area contributed by atoms with Gasteiger partial charge in [-0.25, -0.2) is 0 Å². The molecule has 0 spiro atoms. The van der Waals surface area contributed by atoms with Crippen LogP contribution in [0.3, 0.4) is 0 Å². The molecule has 0 radical (unpaired) electrons. The number of hydrogen-bond acceptors (Lipinski definition) is 3. The Hall–Kier alpha value is -1.53. The summed E-state index contributed by atoms with van der Waals surface area (Å²) in [7, 11) is 1.70. The van der Waals surface area contributed by atoms with Crippen LogP contribution in [0.25, 0.3) is 0 Å². The fourth-order valence-electron chi connectivity index (χ4n) is 2.01. The number of aryl methyl sites for hydroxylation is 2. The maximum atomic E-state index is 8.58. The van der Waals surface area contributed by atoms with Crippen LogP contribution in [0.1, 0.15) is 30.5 Å². The lowest BCUT2D eigenvalue weighted by molar-refractivity contribution is 0.387. The Balaban J connectivity index is 3.06. The van der Waals surface area contributed by atoms with Gasteiger partial charge in [0.15, 0.2) is 0 Å². The summed E-state index contributed by atoms with van der Waals surface area (Å²) >= 11 is 0. The Labute approximate surface area is 110 Å². The average molecular weight is 246 g/mol. The summed E-state index contributed by atoms with van der Waals surface area (Å²) < 4.78 is 5.48. The number of benzene rings is 1. The van der Waals surface area contributed by atoms with E-state index < -0.39 is 0 Å². The van der Waals surface area contributed by atoms with Gasteiger partial charge >= 0.3 is 0 Å². The SMILES string of the molecule is COc1cc(C)c(C)cc1C(C)(C)CNCC#N. The van der Waals surface area contributed by atoms with E-state index in [4.69, 9.17) is 10.00 Å². The summed E-state index contributed by atoms with van der Waals surface area (Å²) in [5.41, 5.74) is 3.61. The second-order valence-corrected chi connectivity index (χ2v) is 5.28. The molecule has 0 unspecified atom stereocenters. The molecule has 1 aromatic carbocycles. The third-order valence-electron chi connectivity index (χ3n) is 3.32. The van der Waals surface area contributed by atoms with E-state index in [1.807, 2.05) is 0 Å². The molecule has 3 nitrogen and oxygen atoms in total. The Morgan fingerprint density at radius 1 is 1.28 bits per heavy atom. The first-order valence-corrected chi connectivity index (χ1v) is 6.15. The van der Waals surface area contributed by atoms with E-state index in [9.17, 15) is 0 Å². The molecule has 0 aliphatic carbocycles. The molecule has 0 saturated carbocycles. The maximum Gasteiger partial charge on any atom is 0.122 e. The van der Waals surface area contributed by atoms with Crippen molar-refractivity contribution < 1.29 is 4.74 Å². The minimum atomic E-state index is -0.0688. The van der Waals surface area contributed by atoms with E-state index in [0.29, 0.717) is 6.54 Å². The molecule has 0 bridgehead atoms. The maximum absolute atomic E-state index is 8.58. The van der Waals surface area contributed by atoms with Gasteiger partial charge in [-0.15, -0.1) is 0 Å². The van der Waals surface area contributed by atoms with Gasteiger partial charge in [-0.3, -0.25) is 0 Å². The molecule has 0 heterocycles. The minimum absolute atomic E-state index is 0.0688. The van der Waals surface area contributed by atoms with Crippen molar-refractivity contribution >= 4 is 0 Å². The first-order valence-electron chi connectivity index (χ1n) is 6.15. The molecule has 1 N–H and O–H groups in total. The van der Waals surface area contributed by atoms with Crippen LogP contribution in [0, 0.1) is 25.2 Å². The molecule has 18 heavy (non-hydrogen) atoms. The van der Waals surface area contributed by atoms with E-state index >= 15 is 0 Å². The van der Waals surface area contributed by atoms with Crippen molar-refractivity contribution in [1.82, 2.24) is 5.32 Å². The van der Waals surface area contributed by atoms with E-state index in [1.165, 1.54) is 16.7 Å². The Kier molecular flexibility index (Phi) is 4.75. The number of rotatable bonds is 5. The monoisotopic (exact) mass is 246 g/mol. The predicted molar refractivity (Wildman–Crippen MR) is 74.0 cm³/mol. The third kappa shape index (κ3) is 3.24. The lowest BCUT2D eigenvalue weighted by Crippen LogP contribution is -2.33. The highest BCUT2D eigenvalue weighted by Gasteiger charge is 2.24. The highest BCUT2D eigenvalue weighted by Crippen LogP contribution is 2.33. The van der Waals surface area contributed by atoms with Crippen molar-refractivity contribution in [2.45, 2.75) is 33.1 Å². The van der Waals surface area contributed by atoms with Crippen LogP contribution in [0.4, 0.5) is 0 Å². The van der Waals surface area contributed by atoms with Crippen molar-refractivity contribution in [1.29, 1.82) is 5.26 Å². The van der Waals surface area contributed by atoms with Crippen molar-refractivity contribution in [3.63, 3.8) is 0 Å². The van der Waals surface area contributed by atoms with Gasteiger partial charge in [0, 0.05) is 17.5 Å². The van der Waals surface area contributed by atoms with Crippen molar-refractivity contribution in [2.75, 3.05) is 20.2 Å². The Bertz CT molecular complexity index is 458. The predicted octanol–water partition coefficient (Wildman–Crippen LogP) is 2.70. The number of nitrogens with one attached hydrogen (secondary N) is 1. The molecule has 1 rings (SSSR count). The van der Waals surface area contributed by atoms with Gasteiger partial charge in [-0.05, 0) is 31.0 Å². The molecule has 0 aromatic heterocycles. The molecule has 0 amide bonds. The fourth-order valence-corrected chi connectivity index (χ4v) is 2.01. The quantitative estimate of drug-likeness (QED) is 0.642. The van der Waals surface area contributed by atoms with E-state index in [0.717, 1.165) is 12.3 Å². The largest absolute Gasteiger partial charge is 0.496 e. The highest BCUT2D eigenvalue weighted by atomic mass is 16.5. The van der Waals surface area contributed by atoms with Crippen LogP contribution < -0.4 is 10.1 Å². The average Bonchev–Trinajstić information content (AvgIpc) is 2.32. The topological polar surface area (TPSA) is 45.0 Å². The molecule has 0 saturated heterocycles. The number of ether oxygens (including phenoxy) is 1. The first-order chi connectivity index (χ1) is 8.42. The summed E-state index contributed by atoms with van der Waals surface area (Å²) in [6, 6.07) is 6.36. The minimum Gasteiger partial charge on any atom is -0.496 e. The van der Waals surface area contributed by atoms with E-state index in [-0.39, 0.29) is 5.41 Å². The van der Waals surface area contributed by atoms with E-state index in [1.54, 1.807) is 7.11 Å². The van der Waals surface area contributed by atoms with Crippen molar-refractivity contribution in [3.8, 4) is 11.8 Å². The molecule has 0 aliphatic heterocycles. The molecule has 0 fully saturated rings. The molecular weight excluding hydrogens is 224 g/mol. The third-order valence-corrected chi connectivity index (χ3v) is 3.32. The van der Waals surface area contributed by atoms with Gasteiger partial charge in [0.1, 0.15) is 5.75 Å². The summed E-state index contributed by atoms with van der Waals surface area (Å²) in [6.45, 7) is 9.63. The Morgan fingerprint density at radius 3 is 2.44 bits per heavy atom. The normalized spacial score (nSPS) is 11.1. The number of nitriles is 1. The number of nitrogens with zero attached hydrogens (tertiary/aromatic N) is 1. The van der Waals surface area contributed by atoms with E-state index in [2.05, 4.69) is 51.2 Å². The van der Waals surface area contributed by atoms with Crippen LogP contribution in [0.5, 0.6) is 5.75 Å². The van der Waals surface area contributed by atoms with Crippen molar-refractivity contribution in [3.05, 3.63) is 28.8 Å². The zero-order valence-electron chi connectivity index (χ0n) is 11.9. The lowest BCUT2D eigenvalue weighted by atomic mass is 9.82. The number of hydrogen-bond donors (Lipinski definition) is 1. The van der Waals surface area contributed by atoms with Crippen LogP contribution >= 0.6 is 0 Å². The van der Waals surface area contributed by atoms with Crippen LogP contribution in [-0.2, 0) is 5.41 Å². The van der Waals surface area contributed by atoms with Gasteiger partial charge in [-0.1, -0.05) is 19.9 Å². The van der Waals surface area contributed by atoms with Gasteiger partial charge < -0.3 is 10.1 Å². The molecule has 0 aliphatic rings. The van der Waals surface area contributed by atoms with Crippen LogP contribution in [-0.4, -0.2) is 20.2 Å². The summed E-state index contributed by atoms with van der Waals surface area (Å²) in [6.07, 6.45) is 0. The lowest BCUT2D eigenvalue weighted by Gasteiger charge is -2.28. The first kappa shape index (κ1) is 14.5. The summed E-state index contributed by atoms with van der Waals surface area (Å²) in [4.78, 5) is 0. The molecule has 3 heteroatoms. The van der Waals surface area contributed by atoms with Gasteiger partial charge in [0.05, 0.1) is 19.7 Å². The second kappa shape index (κ2) is 5.88. The molecule has 1 aromatic rings. The smallest absolute Gasteiger partial charge is 0.122 e. The fraction of sp³-hybridized carbons (Fsp3) is 0.533. The zero-order valence-corrected chi connectivity index (χ0v) is 11.9. The van der Waals surface area contributed by atoms with Gasteiger partial charge in [0.2, 0.25) is 0 Å². The second-order valence-electron chi connectivity index (χ2n) is 5.28. The standard InChI is InChI=1S/C15H22N2O/c1-11-8-13(14(18-5)9-12(11)2)15(3,4)10-17-7-6-16/h8-9,17H,7,10H2,1-5H3. The highest BCUT2D eigenvalue weighted by molar-refractivity contribution is 5.45. The molecular formula is C15H22N2O. The Morgan fingerprint density at radius 2 is 1.89 bits per heavy atom. The van der Waals surface area contributed by atoms with Gasteiger partial charge in [-0.2, -0.15) is 5.26 Å². The van der Waals surface area contributed by atoms with Gasteiger partial charge in [0.25, 0.3) is 0 Å². The molecule has 98 valence electrons. The zero-order chi connectivity index (χ0) is 13.8.